The Balaban J connectivity index is 2.03. The second-order valence-corrected chi connectivity index (χ2v) is 6.03. The van der Waals surface area contributed by atoms with E-state index in [1.807, 2.05) is 6.07 Å². The van der Waals surface area contributed by atoms with Gasteiger partial charge in [-0.25, -0.2) is 4.99 Å². The van der Waals surface area contributed by atoms with E-state index in [0.29, 0.717) is 12.5 Å². The van der Waals surface area contributed by atoms with Gasteiger partial charge in [-0.3, -0.25) is 0 Å². The van der Waals surface area contributed by atoms with Crippen LogP contribution in [0.4, 0.5) is 0 Å². The van der Waals surface area contributed by atoms with Crippen LogP contribution >= 0.6 is 0 Å². The van der Waals surface area contributed by atoms with Gasteiger partial charge in [0.05, 0.1) is 20.3 Å². The van der Waals surface area contributed by atoms with Crippen molar-refractivity contribution in [1.29, 1.82) is 0 Å². The highest BCUT2D eigenvalue weighted by Gasteiger charge is 2.24. The molecule has 1 aliphatic rings. The zero-order chi connectivity index (χ0) is 16.7. The molecule has 1 aromatic rings. The summed E-state index contributed by atoms with van der Waals surface area (Å²) in [6, 6.07) is 6.23. The van der Waals surface area contributed by atoms with Gasteiger partial charge in [-0.1, -0.05) is 12.1 Å². The molecule has 1 atom stereocenters. The van der Waals surface area contributed by atoms with Crippen LogP contribution in [0.3, 0.4) is 0 Å². The van der Waals surface area contributed by atoms with Crippen molar-refractivity contribution in [2.75, 3.05) is 40.5 Å². The zero-order valence-corrected chi connectivity index (χ0v) is 14.8. The molecule has 0 aliphatic carbocycles. The molecule has 1 N–H and O–H groups in total. The lowest BCUT2D eigenvalue weighted by molar-refractivity contribution is 0.157. The van der Waals surface area contributed by atoms with Crippen molar-refractivity contribution in [2.45, 2.75) is 26.8 Å². The third-order valence-electron chi connectivity index (χ3n) is 4.19. The molecule has 0 aromatic heterocycles. The zero-order valence-electron chi connectivity index (χ0n) is 14.8. The molecule has 23 heavy (non-hydrogen) atoms. The van der Waals surface area contributed by atoms with Gasteiger partial charge in [-0.2, -0.15) is 0 Å². The van der Waals surface area contributed by atoms with E-state index in [0.717, 1.165) is 43.5 Å². The van der Waals surface area contributed by atoms with Crippen molar-refractivity contribution >= 4 is 5.96 Å². The standard InChI is InChI=1S/C18H29N3O2/c1-5-19-18(21-9-8-16(12-21)13-22-3)20-11-15-6-7-17(23-4)14(2)10-15/h6-7,10,16H,5,8-9,11-13H2,1-4H3,(H,19,20). The van der Waals surface area contributed by atoms with Crippen molar-refractivity contribution in [3.63, 3.8) is 0 Å². The van der Waals surface area contributed by atoms with Crippen molar-refractivity contribution in [3.8, 4) is 5.75 Å². The number of hydrogen-bond donors (Lipinski definition) is 1. The summed E-state index contributed by atoms with van der Waals surface area (Å²) in [7, 11) is 3.47. The number of rotatable bonds is 6. The smallest absolute Gasteiger partial charge is 0.194 e. The number of benzene rings is 1. The maximum Gasteiger partial charge on any atom is 0.194 e. The molecule has 1 heterocycles. The number of likely N-dealkylation sites (tertiary alicyclic amines) is 1. The van der Waals surface area contributed by atoms with E-state index in [1.54, 1.807) is 14.2 Å². The Kier molecular flexibility index (Phi) is 6.71. The van der Waals surface area contributed by atoms with Gasteiger partial charge >= 0.3 is 0 Å². The van der Waals surface area contributed by atoms with Gasteiger partial charge in [0.25, 0.3) is 0 Å². The maximum atomic E-state index is 5.31. The summed E-state index contributed by atoms with van der Waals surface area (Å²) in [5.74, 6) is 2.53. The first kappa shape index (κ1) is 17.6. The molecule has 0 amide bonds. The Bertz CT molecular complexity index is 531. The first-order valence-corrected chi connectivity index (χ1v) is 8.33. The number of methoxy groups -OCH3 is 2. The Morgan fingerprint density at radius 1 is 1.39 bits per heavy atom. The summed E-state index contributed by atoms with van der Waals surface area (Å²) >= 11 is 0. The van der Waals surface area contributed by atoms with Crippen molar-refractivity contribution < 1.29 is 9.47 Å². The molecule has 0 bridgehead atoms. The topological polar surface area (TPSA) is 46.1 Å². The number of nitrogens with one attached hydrogen (secondary N) is 1. The molecular formula is C18H29N3O2. The predicted molar refractivity (Wildman–Crippen MR) is 94.1 cm³/mol. The molecule has 2 rings (SSSR count). The number of aliphatic imine (C=N–C) groups is 1. The van der Waals surface area contributed by atoms with E-state index in [-0.39, 0.29) is 0 Å². The van der Waals surface area contributed by atoms with Crippen LogP contribution in [-0.4, -0.2) is 51.3 Å². The van der Waals surface area contributed by atoms with Crippen molar-refractivity contribution in [2.24, 2.45) is 10.9 Å². The predicted octanol–water partition coefficient (Wildman–Crippen LogP) is 2.44. The van der Waals surface area contributed by atoms with Crippen LogP contribution in [0.5, 0.6) is 5.75 Å². The number of guanidine groups is 1. The fourth-order valence-electron chi connectivity index (χ4n) is 3.03. The van der Waals surface area contributed by atoms with Crippen LogP contribution in [0.2, 0.25) is 0 Å². The van der Waals surface area contributed by atoms with Gasteiger partial charge in [0.1, 0.15) is 5.75 Å². The van der Waals surface area contributed by atoms with Gasteiger partial charge in [0.15, 0.2) is 5.96 Å². The number of hydrogen-bond acceptors (Lipinski definition) is 3. The van der Waals surface area contributed by atoms with E-state index >= 15 is 0 Å². The van der Waals surface area contributed by atoms with E-state index in [9.17, 15) is 0 Å². The van der Waals surface area contributed by atoms with Crippen LogP contribution in [0.15, 0.2) is 23.2 Å². The van der Waals surface area contributed by atoms with Crippen LogP contribution in [0.1, 0.15) is 24.5 Å². The third kappa shape index (κ3) is 4.86. The molecule has 1 saturated heterocycles. The lowest BCUT2D eigenvalue weighted by atomic mass is 10.1. The number of nitrogens with zero attached hydrogens (tertiary/aromatic N) is 2. The molecule has 1 fully saturated rings. The molecule has 128 valence electrons. The molecule has 1 unspecified atom stereocenters. The first-order valence-electron chi connectivity index (χ1n) is 8.33. The summed E-state index contributed by atoms with van der Waals surface area (Å²) in [5.41, 5.74) is 2.35. The normalized spacial score (nSPS) is 18.3. The van der Waals surface area contributed by atoms with E-state index in [4.69, 9.17) is 14.5 Å². The Morgan fingerprint density at radius 3 is 2.87 bits per heavy atom. The average Bonchev–Trinajstić information content (AvgIpc) is 3.00. The molecule has 1 aromatic carbocycles. The lowest BCUT2D eigenvalue weighted by Gasteiger charge is -2.21. The second-order valence-electron chi connectivity index (χ2n) is 6.03. The Hall–Kier alpha value is -1.75. The molecular weight excluding hydrogens is 290 g/mol. The molecule has 1 aliphatic heterocycles. The minimum atomic E-state index is 0.604. The average molecular weight is 319 g/mol. The lowest BCUT2D eigenvalue weighted by Crippen LogP contribution is -2.40. The van der Waals surface area contributed by atoms with Gasteiger partial charge in [-0.15, -0.1) is 0 Å². The maximum absolute atomic E-state index is 5.31. The van der Waals surface area contributed by atoms with Gasteiger partial charge in [0.2, 0.25) is 0 Å². The minimum absolute atomic E-state index is 0.604. The van der Waals surface area contributed by atoms with Gasteiger partial charge in [0, 0.05) is 32.7 Å². The van der Waals surface area contributed by atoms with E-state index in [1.165, 1.54) is 12.0 Å². The fourth-order valence-corrected chi connectivity index (χ4v) is 3.03. The monoisotopic (exact) mass is 319 g/mol. The summed E-state index contributed by atoms with van der Waals surface area (Å²) in [6.07, 6.45) is 1.17. The molecule has 5 heteroatoms. The summed E-state index contributed by atoms with van der Waals surface area (Å²) in [5, 5.41) is 3.41. The second kappa shape index (κ2) is 8.77. The van der Waals surface area contributed by atoms with Crippen LogP contribution in [0.25, 0.3) is 0 Å². The Labute approximate surface area is 139 Å². The summed E-state index contributed by atoms with van der Waals surface area (Å²) in [4.78, 5) is 7.14. The van der Waals surface area contributed by atoms with Crippen LogP contribution < -0.4 is 10.1 Å². The molecule has 0 spiro atoms. The summed E-state index contributed by atoms with van der Waals surface area (Å²) < 4.78 is 10.6. The fraction of sp³-hybridized carbons (Fsp3) is 0.611. The van der Waals surface area contributed by atoms with Crippen molar-refractivity contribution in [1.82, 2.24) is 10.2 Å². The van der Waals surface area contributed by atoms with Gasteiger partial charge in [-0.05, 0) is 37.5 Å². The quantitative estimate of drug-likeness (QED) is 0.646. The SMILES string of the molecule is CCNC(=NCc1ccc(OC)c(C)c1)N1CCC(COC)C1. The highest BCUT2D eigenvalue weighted by Crippen LogP contribution is 2.20. The molecule has 0 radical (unpaired) electrons. The highest BCUT2D eigenvalue weighted by atomic mass is 16.5. The van der Waals surface area contributed by atoms with E-state index < -0.39 is 0 Å². The number of ether oxygens (including phenoxy) is 2. The van der Waals surface area contributed by atoms with Gasteiger partial charge < -0.3 is 19.7 Å². The minimum Gasteiger partial charge on any atom is -0.496 e. The van der Waals surface area contributed by atoms with Crippen LogP contribution in [-0.2, 0) is 11.3 Å². The van der Waals surface area contributed by atoms with Crippen molar-refractivity contribution in [3.05, 3.63) is 29.3 Å². The third-order valence-corrected chi connectivity index (χ3v) is 4.19. The molecule has 0 saturated carbocycles. The highest BCUT2D eigenvalue weighted by molar-refractivity contribution is 5.80. The Morgan fingerprint density at radius 2 is 2.22 bits per heavy atom. The van der Waals surface area contributed by atoms with Crippen LogP contribution in [0, 0.1) is 12.8 Å². The number of aryl methyl sites for hydroxylation is 1. The first-order chi connectivity index (χ1) is 11.2. The molecule has 5 nitrogen and oxygen atoms in total. The summed E-state index contributed by atoms with van der Waals surface area (Å²) in [6.45, 7) is 8.61. The van der Waals surface area contributed by atoms with E-state index in [2.05, 4.69) is 36.2 Å². The largest absolute Gasteiger partial charge is 0.496 e.